The molecule has 0 bridgehead atoms. The van der Waals surface area contributed by atoms with Crippen LogP contribution in [0, 0.1) is 0 Å². The fraction of sp³-hybridized carbons (Fsp3) is 0.250. The molecule has 2 heterocycles. The van der Waals surface area contributed by atoms with Crippen molar-refractivity contribution >= 4 is 5.97 Å². The first kappa shape index (κ1) is 18.6. The Morgan fingerprint density at radius 2 is 1.89 bits per heavy atom. The van der Waals surface area contributed by atoms with Gasteiger partial charge in [-0.2, -0.15) is 5.10 Å². The second-order valence-corrected chi connectivity index (χ2v) is 5.81. The number of nitrogens with two attached hydrogens (primary N) is 1. The fourth-order valence-corrected chi connectivity index (χ4v) is 2.73. The Hall–Kier alpha value is -3.19. The van der Waals surface area contributed by atoms with Crippen molar-refractivity contribution in [2.45, 2.75) is 13.5 Å². The van der Waals surface area contributed by atoms with Crippen molar-refractivity contribution in [1.29, 1.82) is 0 Å². The molecule has 0 saturated carbocycles. The van der Waals surface area contributed by atoms with E-state index in [1.165, 1.54) is 0 Å². The number of hydrogen-bond donors (Lipinski definition) is 1. The largest absolute Gasteiger partial charge is 0.497 e. The van der Waals surface area contributed by atoms with E-state index in [0.717, 1.165) is 22.6 Å². The molecule has 0 unspecified atom stereocenters. The number of pyridine rings is 1. The Morgan fingerprint density at radius 1 is 1.11 bits per heavy atom. The highest BCUT2D eigenvalue weighted by Crippen LogP contribution is 2.26. The van der Waals surface area contributed by atoms with Crippen LogP contribution >= 0.6 is 0 Å². The van der Waals surface area contributed by atoms with Crippen LogP contribution in [0.5, 0.6) is 5.75 Å². The lowest BCUT2D eigenvalue weighted by atomic mass is 10.1. The Balaban J connectivity index is 1.96. The standard InChI is InChI=1S/C20H22N4O3/c1-3-27-20(25)19-13-18(23-24(19)11-9-21)15-8-10-22-17(12-15)14-4-6-16(26-2)7-5-14/h4-8,10,12-13H,3,9,11,21H2,1-2H3. The molecule has 2 N–H and O–H groups in total. The average Bonchev–Trinajstić information content (AvgIpc) is 3.13. The molecular weight excluding hydrogens is 344 g/mol. The third-order valence-electron chi connectivity index (χ3n) is 4.05. The molecule has 1 aromatic carbocycles. The van der Waals surface area contributed by atoms with Crippen molar-refractivity contribution in [3.8, 4) is 28.3 Å². The van der Waals surface area contributed by atoms with E-state index in [1.807, 2.05) is 36.4 Å². The molecule has 140 valence electrons. The van der Waals surface area contributed by atoms with Gasteiger partial charge in [0.1, 0.15) is 11.4 Å². The zero-order chi connectivity index (χ0) is 19.2. The van der Waals surface area contributed by atoms with E-state index in [-0.39, 0.29) is 0 Å². The first-order valence-electron chi connectivity index (χ1n) is 8.72. The Bertz CT molecular complexity index is 919. The van der Waals surface area contributed by atoms with Crippen molar-refractivity contribution in [1.82, 2.24) is 14.8 Å². The van der Waals surface area contributed by atoms with E-state index in [0.29, 0.717) is 31.1 Å². The van der Waals surface area contributed by atoms with Gasteiger partial charge in [0, 0.05) is 23.9 Å². The van der Waals surface area contributed by atoms with E-state index >= 15 is 0 Å². The first-order chi connectivity index (χ1) is 13.2. The number of ether oxygens (including phenoxy) is 2. The number of rotatable bonds is 7. The lowest BCUT2D eigenvalue weighted by Crippen LogP contribution is -2.17. The predicted octanol–water partition coefficient (Wildman–Crippen LogP) is 2.76. The normalized spacial score (nSPS) is 10.6. The minimum absolute atomic E-state index is 0.304. The van der Waals surface area contributed by atoms with Gasteiger partial charge in [0.25, 0.3) is 0 Å². The van der Waals surface area contributed by atoms with Gasteiger partial charge in [0.05, 0.1) is 31.6 Å². The second-order valence-electron chi connectivity index (χ2n) is 5.81. The number of aromatic nitrogens is 3. The molecule has 7 nitrogen and oxygen atoms in total. The molecule has 0 fully saturated rings. The summed E-state index contributed by atoms with van der Waals surface area (Å²) in [6, 6.07) is 13.2. The zero-order valence-corrected chi connectivity index (χ0v) is 15.4. The quantitative estimate of drug-likeness (QED) is 0.647. The molecule has 0 radical (unpaired) electrons. The van der Waals surface area contributed by atoms with Gasteiger partial charge in [-0.3, -0.25) is 9.67 Å². The van der Waals surface area contributed by atoms with Crippen LogP contribution in [0.15, 0.2) is 48.7 Å². The molecule has 7 heteroatoms. The minimum Gasteiger partial charge on any atom is -0.497 e. The summed E-state index contributed by atoms with van der Waals surface area (Å²) in [5.74, 6) is 0.378. The van der Waals surface area contributed by atoms with Gasteiger partial charge in [-0.1, -0.05) is 0 Å². The maximum absolute atomic E-state index is 12.2. The van der Waals surface area contributed by atoms with Crippen LogP contribution in [0.1, 0.15) is 17.4 Å². The van der Waals surface area contributed by atoms with E-state index in [9.17, 15) is 4.79 Å². The summed E-state index contributed by atoms with van der Waals surface area (Å²) in [6.07, 6.45) is 1.72. The SMILES string of the molecule is CCOC(=O)c1cc(-c2ccnc(-c3ccc(OC)cc3)c2)nn1CCN. The molecule has 3 rings (SSSR count). The number of carbonyl (C=O) groups excluding carboxylic acids is 1. The summed E-state index contributed by atoms with van der Waals surface area (Å²) in [5, 5.41) is 4.52. The van der Waals surface area contributed by atoms with Crippen LogP contribution < -0.4 is 10.5 Å². The van der Waals surface area contributed by atoms with Gasteiger partial charge in [-0.15, -0.1) is 0 Å². The van der Waals surface area contributed by atoms with Crippen LogP contribution in [-0.4, -0.2) is 41.0 Å². The maximum Gasteiger partial charge on any atom is 0.356 e. The van der Waals surface area contributed by atoms with Crippen molar-refractivity contribution in [2.24, 2.45) is 5.73 Å². The number of hydrogen-bond acceptors (Lipinski definition) is 6. The average molecular weight is 366 g/mol. The highest BCUT2D eigenvalue weighted by molar-refractivity contribution is 5.89. The smallest absolute Gasteiger partial charge is 0.356 e. The Morgan fingerprint density at radius 3 is 2.56 bits per heavy atom. The summed E-state index contributed by atoms with van der Waals surface area (Å²) in [5.41, 5.74) is 9.33. The number of esters is 1. The monoisotopic (exact) mass is 366 g/mol. The van der Waals surface area contributed by atoms with Crippen molar-refractivity contribution in [3.05, 3.63) is 54.4 Å². The Kier molecular flexibility index (Phi) is 5.83. The molecule has 0 amide bonds. The Labute approximate surface area is 157 Å². The third-order valence-corrected chi connectivity index (χ3v) is 4.05. The zero-order valence-electron chi connectivity index (χ0n) is 15.4. The summed E-state index contributed by atoms with van der Waals surface area (Å²) in [4.78, 5) is 16.6. The lowest BCUT2D eigenvalue weighted by Gasteiger charge is -2.05. The molecule has 0 saturated heterocycles. The van der Waals surface area contributed by atoms with E-state index in [2.05, 4.69) is 10.1 Å². The predicted molar refractivity (Wildman–Crippen MR) is 102 cm³/mol. The number of methoxy groups -OCH3 is 1. The van der Waals surface area contributed by atoms with Gasteiger partial charge in [-0.25, -0.2) is 4.79 Å². The van der Waals surface area contributed by atoms with E-state index in [4.69, 9.17) is 15.2 Å². The number of nitrogens with zero attached hydrogens (tertiary/aromatic N) is 3. The van der Waals surface area contributed by atoms with Crippen LogP contribution in [-0.2, 0) is 11.3 Å². The lowest BCUT2D eigenvalue weighted by molar-refractivity contribution is 0.0512. The first-order valence-corrected chi connectivity index (χ1v) is 8.72. The number of carbonyl (C=O) groups is 1. The van der Waals surface area contributed by atoms with E-state index in [1.54, 1.807) is 31.0 Å². The molecule has 0 aliphatic rings. The summed E-state index contributed by atoms with van der Waals surface area (Å²) >= 11 is 0. The summed E-state index contributed by atoms with van der Waals surface area (Å²) < 4.78 is 11.9. The van der Waals surface area contributed by atoms with Crippen molar-refractivity contribution in [2.75, 3.05) is 20.3 Å². The molecule has 3 aromatic rings. The summed E-state index contributed by atoms with van der Waals surface area (Å²) in [7, 11) is 1.63. The van der Waals surface area contributed by atoms with Crippen LogP contribution in [0.2, 0.25) is 0 Å². The van der Waals surface area contributed by atoms with Crippen LogP contribution in [0.25, 0.3) is 22.5 Å². The second kappa shape index (κ2) is 8.46. The molecule has 27 heavy (non-hydrogen) atoms. The third kappa shape index (κ3) is 4.15. The molecule has 0 spiro atoms. The van der Waals surface area contributed by atoms with Gasteiger partial charge in [-0.05, 0) is 49.4 Å². The van der Waals surface area contributed by atoms with Crippen LogP contribution in [0.3, 0.4) is 0 Å². The molecular formula is C20H22N4O3. The minimum atomic E-state index is -0.408. The fourth-order valence-electron chi connectivity index (χ4n) is 2.73. The molecule has 0 atom stereocenters. The van der Waals surface area contributed by atoms with Gasteiger partial charge in [0.15, 0.2) is 0 Å². The summed E-state index contributed by atoms with van der Waals surface area (Å²) in [6.45, 7) is 2.89. The number of benzene rings is 1. The van der Waals surface area contributed by atoms with Gasteiger partial charge < -0.3 is 15.2 Å². The molecule has 0 aliphatic carbocycles. The molecule has 0 aliphatic heterocycles. The molecule has 2 aromatic heterocycles. The van der Waals surface area contributed by atoms with Crippen molar-refractivity contribution in [3.63, 3.8) is 0 Å². The van der Waals surface area contributed by atoms with Gasteiger partial charge in [0.2, 0.25) is 0 Å². The maximum atomic E-state index is 12.2. The highest BCUT2D eigenvalue weighted by atomic mass is 16.5. The van der Waals surface area contributed by atoms with Crippen molar-refractivity contribution < 1.29 is 14.3 Å². The van der Waals surface area contributed by atoms with Crippen LogP contribution in [0.4, 0.5) is 0 Å². The highest BCUT2D eigenvalue weighted by Gasteiger charge is 2.17. The van der Waals surface area contributed by atoms with Gasteiger partial charge >= 0.3 is 5.97 Å². The van der Waals surface area contributed by atoms with E-state index < -0.39 is 5.97 Å². The topological polar surface area (TPSA) is 92.3 Å².